The van der Waals surface area contributed by atoms with Crippen LogP contribution in [0.1, 0.15) is 55.2 Å². The van der Waals surface area contributed by atoms with Gasteiger partial charge in [0.15, 0.2) is 0 Å². The summed E-state index contributed by atoms with van der Waals surface area (Å²) >= 11 is -3.54. The molecular weight excluding hydrogens is 581 g/mol. The predicted molar refractivity (Wildman–Crippen MR) is 115 cm³/mol. The van der Waals surface area contributed by atoms with Crippen molar-refractivity contribution in [2.75, 3.05) is 0 Å². The van der Waals surface area contributed by atoms with Crippen LogP contribution >= 0.6 is 20.6 Å². The number of hydrogen-bond acceptors (Lipinski definition) is 4. The van der Waals surface area contributed by atoms with Gasteiger partial charge in [-0.1, -0.05) is 0 Å². The van der Waals surface area contributed by atoms with Crippen LogP contribution in [0.4, 0.5) is 26.3 Å². The third kappa shape index (κ3) is 3.09. The Balaban J connectivity index is 1.35. The van der Waals surface area contributed by atoms with Crippen molar-refractivity contribution < 1.29 is 42.1 Å². The molecule has 0 amide bonds. The molecule has 4 nitrogen and oxygen atoms in total. The van der Waals surface area contributed by atoms with Gasteiger partial charge < -0.3 is 0 Å². The van der Waals surface area contributed by atoms with Crippen LogP contribution in [0.15, 0.2) is 12.1 Å². The summed E-state index contributed by atoms with van der Waals surface area (Å²) in [7, 11) is 0. The van der Waals surface area contributed by atoms with Crippen LogP contribution in [0, 0.1) is 46.0 Å². The van der Waals surface area contributed by atoms with Gasteiger partial charge in [0.2, 0.25) is 0 Å². The predicted octanol–water partition coefficient (Wildman–Crippen LogP) is 6.67. The Kier molecular flexibility index (Phi) is 4.85. The minimum atomic E-state index is -4.39. The molecule has 188 valence electrons. The summed E-state index contributed by atoms with van der Waals surface area (Å²) in [5, 5.41) is 0. The van der Waals surface area contributed by atoms with E-state index in [1.807, 2.05) is 19.1 Å². The monoisotopic (exact) mass is 604 g/mol. The third-order valence-electron chi connectivity index (χ3n) is 8.14. The zero-order valence-corrected chi connectivity index (χ0v) is 20.8. The number of aryl methyl sites for hydroxylation is 3. The number of halogens is 7. The van der Waals surface area contributed by atoms with Crippen molar-refractivity contribution in [2.24, 2.45) is 21.7 Å². The quantitative estimate of drug-likeness (QED) is 0.279. The SMILES string of the molecule is Cc1cc(C)c(I(OC(=O)C23CC(C(F)(F)F)(C2)C3)OC(=O)C23CC(C(F)(F)F)(C2)C3)c(C)c1. The van der Waals surface area contributed by atoms with E-state index in [9.17, 15) is 35.9 Å². The van der Waals surface area contributed by atoms with Gasteiger partial charge in [0, 0.05) is 0 Å². The van der Waals surface area contributed by atoms with Gasteiger partial charge >= 0.3 is 200 Å². The molecule has 7 rings (SSSR count). The van der Waals surface area contributed by atoms with Gasteiger partial charge in [0.05, 0.1) is 0 Å². The second-order valence-electron chi connectivity index (χ2n) is 10.8. The van der Waals surface area contributed by atoms with Gasteiger partial charge in [-0.05, 0) is 0 Å². The number of benzene rings is 1. The Morgan fingerprint density at radius 2 is 1.06 bits per heavy atom. The molecule has 0 aromatic heterocycles. The summed E-state index contributed by atoms with van der Waals surface area (Å²) in [5.41, 5.74) is -3.79. The number of hydrogen-bond donors (Lipinski definition) is 0. The summed E-state index contributed by atoms with van der Waals surface area (Å²) < 4.78 is 91.1. The average Bonchev–Trinajstić information content (AvgIpc) is 2.44. The Morgan fingerprint density at radius 3 is 1.35 bits per heavy atom. The molecule has 6 fully saturated rings. The van der Waals surface area contributed by atoms with Crippen molar-refractivity contribution in [3.05, 3.63) is 32.4 Å². The van der Waals surface area contributed by atoms with E-state index >= 15 is 0 Å². The molecule has 1 aromatic rings. The van der Waals surface area contributed by atoms with Crippen LogP contribution in [0.25, 0.3) is 0 Å². The van der Waals surface area contributed by atoms with Crippen molar-refractivity contribution in [1.82, 2.24) is 0 Å². The molecule has 0 N–H and O–H groups in total. The number of carbonyl (C=O) groups excluding carboxylic acids is 2. The van der Waals surface area contributed by atoms with Crippen LogP contribution in [0.3, 0.4) is 0 Å². The second kappa shape index (κ2) is 6.82. The van der Waals surface area contributed by atoms with Gasteiger partial charge in [0.25, 0.3) is 0 Å². The second-order valence-corrected chi connectivity index (χ2v) is 14.0. The standard InChI is InChI=1S/C23H23F6IO4/c1-12-4-13(2)15(14(3)5-12)30(33-16(31)18-6-20(7-18,8-18)22(24,25)26)34-17(32)19-9-21(10-19,11-19)23(27,28)29/h4-5H,6-11H2,1-3H3. The summed E-state index contributed by atoms with van der Waals surface area (Å²) in [6, 6.07) is 3.63. The Morgan fingerprint density at radius 1 is 0.735 bits per heavy atom. The first kappa shape index (κ1) is 24.2. The number of rotatable bonds is 5. The van der Waals surface area contributed by atoms with E-state index in [2.05, 4.69) is 0 Å². The van der Waals surface area contributed by atoms with Crippen LogP contribution in [-0.2, 0) is 15.7 Å². The molecule has 0 radical (unpaired) electrons. The maximum atomic E-state index is 13.2. The van der Waals surface area contributed by atoms with Crippen molar-refractivity contribution in [3.8, 4) is 0 Å². The molecule has 11 heteroatoms. The van der Waals surface area contributed by atoms with E-state index in [-0.39, 0.29) is 38.5 Å². The summed E-state index contributed by atoms with van der Waals surface area (Å²) in [6.07, 6.45) is -10.8. The fourth-order valence-electron chi connectivity index (χ4n) is 6.40. The fraction of sp³-hybridized carbons (Fsp3) is 0.652. The first-order valence-corrected chi connectivity index (χ1v) is 13.7. The van der Waals surface area contributed by atoms with Crippen molar-refractivity contribution in [2.45, 2.75) is 71.6 Å². The minimum absolute atomic E-state index is 0.343. The van der Waals surface area contributed by atoms with E-state index in [4.69, 9.17) is 6.13 Å². The first-order valence-electron chi connectivity index (χ1n) is 10.8. The molecule has 6 saturated carbocycles. The third-order valence-corrected chi connectivity index (χ3v) is 12.3. The summed E-state index contributed by atoms with van der Waals surface area (Å²) in [4.78, 5) is 25.9. The van der Waals surface area contributed by atoms with E-state index in [1.54, 1.807) is 13.8 Å². The van der Waals surface area contributed by atoms with Crippen LogP contribution in [-0.4, -0.2) is 24.3 Å². The fourth-order valence-corrected chi connectivity index (χ4v) is 10.3. The van der Waals surface area contributed by atoms with Gasteiger partial charge in [-0.3, -0.25) is 0 Å². The zero-order chi connectivity index (χ0) is 25.1. The molecule has 0 heterocycles. The van der Waals surface area contributed by atoms with E-state index < -0.39 is 66.6 Å². The molecule has 6 aliphatic carbocycles. The summed E-state index contributed by atoms with van der Waals surface area (Å²) in [6.45, 7) is 5.36. The van der Waals surface area contributed by atoms with Gasteiger partial charge in [-0.2, -0.15) is 0 Å². The van der Waals surface area contributed by atoms with Crippen molar-refractivity contribution >= 4 is 32.6 Å². The Hall–Kier alpha value is -1.53. The Bertz CT molecular complexity index is 987. The van der Waals surface area contributed by atoms with E-state index in [0.717, 1.165) is 5.56 Å². The average molecular weight is 604 g/mol. The van der Waals surface area contributed by atoms with Gasteiger partial charge in [0.1, 0.15) is 0 Å². The van der Waals surface area contributed by atoms with Crippen LogP contribution in [0.5, 0.6) is 0 Å². The molecule has 0 saturated heterocycles. The molecule has 0 aliphatic heterocycles. The topological polar surface area (TPSA) is 52.6 Å². The molecular formula is C23H23F6IO4. The number of carbonyl (C=O) groups is 2. The molecule has 34 heavy (non-hydrogen) atoms. The molecule has 6 aliphatic rings. The van der Waals surface area contributed by atoms with Crippen molar-refractivity contribution in [3.63, 3.8) is 0 Å². The maximum absolute atomic E-state index is 13.2. The summed E-state index contributed by atoms with van der Waals surface area (Å²) in [5.74, 6) is -1.61. The van der Waals surface area contributed by atoms with Crippen LogP contribution < -0.4 is 0 Å². The normalized spacial score (nSPS) is 35.7. The molecule has 0 unspecified atom stereocenters. The van der Waals surface area contributed by atoms with E-state index in [1.165, 1.54) is 0 Å². The molecule has 0 atom stereocenters. The zero-order valence-electron chi connectivity index (χ0n) is 18.7. The Labute approximate surface area is 200 Å². The number of alkyl halides is 6. The van der Waals surface area contributed by atoms with Gasteiger partial charge in [-0.25, -0.2) is 0 Å². The van der Waals surface area contributed by atoms with E-state index in [0.29, 0.717) is 14.7 Å². The molecule has 0 spiro atoms. The van der Waals surface area contributed by atoms with Crippen LogP contribution in [0.2, 0.25) is 0 Å². The molecule has 1 aromatic carbocycles. The molecule has 4 bridgehead atoms. The first-order chi connectivity index (χ1) is 15.5. The van der Waals surface area contributed by atoms with Gasteiger partial charge in [-0.15, -0.1) is 0 Å². The van der Waals surface area contributed by atoms with Crippen molar-refractivity contribution in [1.29, 1.82) is 0 Å².